The molecule has 0 amide bonds. The van der Waals surface area contributed by atoms with E-state index in [1.807, 2.05) is 0 Å². The molecule has 1 fully saturated rings. The Morgan fingerprint density at radius 1 is 1.10 bits per heavy atom. The molecule has 0 bridgehead atoms. The molecule has 0 aliphatic heterocycles. The zero-order valence-corrected chi connectivity index (χ0v) is 15.1. The van der Waals surface area contributed by atoms with Gasteiger partial charge in [-0.15, -0.1) is 10.2 Å². The van der Waals surface area contributed by atoms with Crippen LogP contribution >= 0.6 is 11.6 Å². The zero-order chi connectivity index (χ0) is 20.9. The number of hydrogen-bond donors (Lipinski definition) is 2. The van der Waals surface area contributed by atoms with Gasteiger partial charge in [-0.3, -0.25) is 9.78 Å². The lowest BCUT2D eigenvalue weighted by Gasteiger charge is -2.10. The molecule has 1 aliphatic rings. The Kier molecular flexibility index (Phi) is 4.53. The number of benzene rings is 1. The first-order valence-corrected chi connectivity index (χ1v) is 8.75. The van der Waals surface area contributed by atoms with E-state index in [-0.39, 0.29) is 28.2 Å². The van der Waals surface area contributed by atoms with Crippen LogP contribution in [-0.2, 0) is 6.18 Å². The Morgan fingerprint density at radius 2 is 1.86 bits per heavy atom. The molecule has 11 heteroatoms. The summed E-state index contributed by atoms with van der Waals surface area (Å²) in [6.07, 6.45) is -3.13. The number of nitrogens with zero attached hydrogens (tertiary/aromatic N) is 2. The Labute approximate surface area is 164 Å². The van der Waals surface area contributed by atoms with Crippen molar-refractivity contribution < 1.29 is 17.6 Å². The van der Waals surface area contributed by atoms with Crippen molar-refractivity contribution in [3.63, 3.8) is 0 Å². The van der Waals surface area contributed by atoms with Gasteiger partial charge in [0, 0.05) is 6.20 Å². The lowest BCUT2D eigenvalue weighted by atomic mass is 10.0. The predicted octanol–water partition coefficient (Wildman–Crippen LogP) is 3.60. The molecule has 6 nitrogen and oxygen atoms in total. The monoisotopic (exact) mass is 426 g/mol. The van der Waals surface area contributed by atoms with E-state index in [4.69, 9.17) is 11.6 Å². The van der Waals surface area contributed by atoms with Crippen LogP contribution < -0.4 is 11.2 Å². The zero-order valence-electron chi connectivity index (χ0n) is 14.3. The first kappa shape index (κ1) is 19.3. The van der Waals surface area contributed by atoms with Gasteiger partial charge in [0.2, 0.25) is 0 Å². The number of H-pyrrole nitrogens is 2. The van der Waals surface area contributed by atoms with Gasteiger partial charge in [0.1, 0.15) is 11.5 Å². The number of halogens is 5. The second-order valence-corrected chi connectivity index (χ2v) is 7.01. The van der Waals surface area contributed by atoms with E-state index < -0.39 is 28.8 Å². The molecule has 1 saturated carbocycles. The average Bonchev–Trinajstić information content (AvgIpc) is 3.42. The Hall–Kier alpha value is -3.01. The molecule has 0 spiro atoms. The standard InChI is InChI=1S/C18H11ClF4N4O2/c19-15-10(5-14(26-27-15)11-6-24-17(29)25-16(11)28)9-4-8(9)7-1-2-13(20)12(3-7)18(21,22)23/h1-3,5-6,8-9H,4H2,(H2,24,25,28,29)/t8-,9+/m1/s1. The van der Waals surface area contributed by atoms with Gasteiger partial charge in [0.05, 0.1) is 11.1 Å². The van der Waals surface area contributed by atoms with Crippen molar-refractivity contribution in [1.29, 1.82) is 0 Å². The average molecular weight is 427 g/mol. The molecule has 0 unspecified atom stereocenters. The van der Waals surface area contributed by atoms with Crippen LogP contribution in [0.3, 0.4) is 0 Å². The fourth-order valence-corrected chi connectivity index (χ4v) is 3.51. The number of rotatable bonds is 3. The number of hydrogen-bond acceptors (Lipinski definition) is 4. The molecular formula is C18H11ClF4N4O2. The number of aromatic amines is 2. The second kappa shape index (κ2) is 6.80. The summed E-state index contributed by atoms with van der Waals surface area (Å²) in [5.41, 5.74) is -1.61. The molecule has 1 aromatic carbocycles. The highest BCUT2D eigenvalue weighted by Gasteiger charge is 2.43. The minimum absolute atomic E-state index is 0.0558. The third-order valence-corrected chi connectivity index (χ3v) is 5.08. The third-order valence-electron chi connectivity index (χ3n) is 4.79. The van der Waals surface area contributed by atoms with E-state index in [1.54, 1.807) is 0 Å². The maximum absolute atomic E-state index is 13.5. The Balaban J connectivity index is 1.68. The number of nitrogens with one attached hydrogen (secondary N) is 2. The van der Waals surface area contributed by atoms with E-state index in [1.165, 1.54) is 18.3 Å². The molecular weight excluding hydrogens is 416 g/mol. The quantitative estimate of drug-likeness (QED) is 0.626. The number of aromatic nitrogens is 4. The summed E-state index contributed by atoms with van der Waals surface area (Å²) in [4.78, 5) is 27.5. The second-order valence-electron chi connectivity index (χ2n) is 6.65. The van der Waals surface area contributed by atoms with Gasteiger partial charge < -0.3 is 4.98 Å². The van der Waals surface area contributed by atoms with Crippen molar-refractivity contribution in [3.05, 3.63) is 79.0 Å². The Morgan fingerprint density at radius 3 is 2.55 bits per heavy atom. The van der Waals surface area contributed by atoms with E-state index in [9.17, 15) is 27.2 Å². The van der Waals surface area contributed by atoms with Crippen molar-refractivity contribution in [3.8, 4) is 11.3 Å². The van der Waals surface area contributed by atoms with Crippen molar-refractivity contribution in [1.82, 2.24) is 20.2 Å². The van der Waals surface area contributed by atoms with E-state index >= 15 is 0 Å². The van der Waals surface area contributed by atoms with Crippen molar-refractivity contribution in [2.75, 3.05) is 0 Å². The normalized spacial score (nSPS) is 18.7. The molecule has 150 valence electrons. The van der Waals surface area contributed by atoms with Crippen LogP contribution in [0.4, 0.5) is 17.6 Å². The maximum Gasteiger partial charge on any atom is 0.419 e. The van der Waals surface area contributed by atoms with Crippen LogP contribution in [0.1, 0.15) is 34.9 Å². The third kappa shape index (κ3) is 3.67. The van der Waals surface area contributed by atoms with E-state index in [2.05, 4.69) is 20.2 Å². The first-order chi connectivity index (χ1) is 13.6. The van der Waals surface area contributed by atoms with Gasteiger partial charge in [-0.05, 0) is 47.6 Å². The smallest absolute Gasteiger partial charge is 0.313 e. The first-order valence-electron chi connectivity index (χ1n) is 8.37. The van der Waals surface area contributed by atoms with Gasteiger partial charge in [-0.1, -0.05) is 17.7 Å². The summed E-state index contributed by atoms with van der Waals surface area (Å²) in [6, 6.07) is 4.42. The van der Waals surface area contributed by atoms with Crippen LogP contribution in [0.15, 0.2) is 40.1 Å². The molecule has 29 heavy (non-hydrogen) atoms. The summed E-state index contributed by atoms with van der Waals surface area (Å²) in [5.74, 6) is -1.90. The largest absolute Gasteiger partial charge is 0.419 e. The topological polar surface area (TPSA) is 91.5 Å². The summed E-state index contributed by atoms with van der Waals surface area (Å²) in [7, 11) is 0. The molecule has 0 saturated heterocycles. The molecule has 2 aromatic heterocycles. The van der Waals surface area contributed by atoms with E-state index in [0.29, 0.717) is 17.5 Å². The minimum Gasteiger partial charge on any atom is -0.313 e. The summed E-state index contributed by atoms with van der Waals surface area (Å²) in [6.45, 7) is 0. The number of alkyl halides is 3. The summed E-state index contributed by atoms with van der Waals surface area (Å²) < 4.78 is 52.4. The van der Waals surface area contributed by atoms with Gasteiger partial charge in [0.15, 0.2) is 5.15 Å². The highest BCUT2D eigenvalue weighted by molar-refractivity contribution is 6.30. The fourth-order valence-electron chi connectivity index (χ4n) is 3.28. The van der Waals surface area contributed by atoms with Gasteiger partial charge in [-0.25, -0.2) is 9.18 Å². The lowest BCUT2D eigenvalue weighted by molar-refractivity contribution is -0.140. The SMILES string of the molecule is O=c1[nH]cc(-c2cc([C@H]3C[C@@H]3c3ccc(F)c(C(F)(F)F)c3)c(Cl)nn2)c(=O)[nH]1. The molecule has 0 radical (unpaired) electrons. The maximum atomic E-state index is 13.5. The van der Waals surface area contributed by atoms with Crippen molar-refractivity contribution in [2.24, 2.45) is 0 Å². The molecule has 4 rings (SSSR count). The van der Waals surface area contributed by atoms with Crippen LogP contribution in [0.25, 0.3) is 11.3 Å². The fraction of sp³-hybridized carbons (Fsp3) is 0.222. The predicted molar refractivity (Wildman–Crippen MR) is 95.2 cm³/mol. The van der Waals surface area contributed by atoms with E-state index in [0.717, 1.165) is 12.1 Å². The molecule has 1 aliphatic carbocycles. The van der Waals surface area contributed by atoms with Crippen molar-refractivity contribution >= 4 is 11.6 Å². The van der Waals surface area contributed by atoms with Gasteiger partial charge in [-0.2, -0.15) is 13.2 Å². The van der Waals surface area contributed by atoms with Crippen LogP contribution in [0.2, 0.25) is 5.15 Å². The molecule has 2 N–H and O–H groups in total. The van der Waals surface area contributed by atoms with Gasteiger partial charge in [0.25, 0.3) is 5.56 Å². The molecule has 3 aromatic rings. The summed E-state index contributed by atoms with van der Waals surface area (Å²) in [5, 5.41) is 7.71. The van der Waals surface area contributed by atoms with Crippen LogP contribution in [-0.4, -0.2) is 20.2 Å². The highest BCUT2D eigenvalue weighted by Crippen LogP contribution is 2.56. The van der Waals surface area contributed by atoms with Crippen LogP contribution in [0, 0.1) is 5.82 Å². The minimum atomic E-state index is -4.79. The molecule has 2 atom stereocenters. The molecule has 2 heterocycles. The van der Waals surface area contributed by atoms with Gasteiger partial charge >= 0.3 is 11.9 Å². The summed E-state index contributed by atoms with van der Waals surface area (Å²) >= 11 is 6.11. The highest BCUT2D eigenvalue weighted by atomic mass is 35.5. The van der Waals surface area contributed by atoms with Crippen molar-refractivity contribution in [2.45, 2.75) is 24.4 Å². The van der Waals surface area contributed by atoms with Crippen LogP contribution in [0.5, 0.6) is 0 Å². The Bertz CT molecular complexity index is 1220. The lowest BCUT2D eigenvalue weighted by Crippen LogP contribution is -2.23.